The molecule has 0 saturated carbocycles. The highest BCUT2D eigenvalue weighted by Gasteiger charge is 2.32. The monoisotopic (exact) mass is 278 g/mol. The number of anilines is 1. The van der Waals surface area contributed by atoms with Crippen molar-refractivity contribution >= 4 is 11.5 Å². The van der Waals surface area contributed by atoms with Crippen LogP contribution < -0.4 is 10.6 Å². The Morgan fingerprint density at radius 1 is 1.45 bits per heavy atom. The number of aliphatic hydroxyl groups excluding tert-OH is 1. The molecule has 1 aliphatic rings. The first-order valence-electron chi connectivity index (χ1n) is 6.69. The Hall–Kier alpha value is -1.79. The fourth-order valence-corrected chi connectivity index (χ4v) is 2.78. The number of hydrogen-bond acceptors (Lipinski definition) is 5. The molecule has 1 aliphatic heterocycles. The van der Waals surface area contributed by atoms with Gasteiger partial charge in [0, 0.05) is 30.4 Å². The van der Waals surface area contributed by atoms with Gasteiger partial charge in [-0.15, -0.1) is 0 Å². The van der Waals surface area contributed by atoms with Gasteiger partial charge >= 0.3 is 0 Å². The summed E-state index contributed by atoms with van der Waals surface area (Å²) in [7, 11) is 4.02. The number of oxime groups is 1. The zero-order chi connectivity index (χ0) is 14.7. The van der Waals surface area contributed by atoms with Gasteiger partial charge in [0.1, 0.15) is 0 Å². The molecule has 2 unspecified atom stereocenters. The van der Waals surface area contributed by atoms with Crippen LogP contribution in [0.2, 0.25) is 0 Å². The van der Waals surface area contributed by atoms with E-state index in [0.717, 1.165) is 18.7 Å². The molecule has 0 amide bonds. The van der Waals surface area contributed by atoms with Crippen LogP contribution in [0.25, 0.3) is 0 Å². The van der Waals surface area contributed by atoms with E-state index in [1.165, 1.54) is 0 Å². The van der Waals surface area contributed by atoms with Crippen molar-refractivity contribution < 1.29 is 10.3 Å². The van der Waals surface area contributed by atoms with Gasteiger partial charge in [-0.3, -0.25) is 0 Å². The van der Waals surface area contributed by atoms with E-state index in [9.17, 15) is 5.11 Å². The van der Waals surface area contributed by atoms with Crippen molar-refractivity contribution in [2.24, 2.45) is 10.9 Å². The van der Waals surface area contributed by atoms with Crippen molar-refractivity contribution in [2.75, 3.05) is 32.1 Å². The third kappa shape index (κ3) is 3.02. The molecule has 1 saturated heterocycles. The number of nitrogens with two attached hydrogens (primary N) is 1. The van der Waals surface area contributed by atoms with Crippen molar-refractivity contribution in [2.45, 2.75) is 18.6 Å². The highest BCUT2D eigenvalue weighted by atomic mass is 16.4. The minimum Gasteiger partial charge on any atom is -0.409 e. The molecule has 1 aromatic rings. The topological polar surface area (TPSA) is 85.3 Å². The van der Waals surface area contributed by atoms with Gasteiger partial charge in [-0.1, -0.05) is 17.3 Å². The Labute approximate surface area is 119 Å². The number of β-amino-alcohol motifs (C(OH)–C–C–N with tert-alkyl or cyclic N) is 1. The van der Waals surface area contributed by atoms with Crippen LogP contribution in [0.4, 0.5) is 5.69 Å². The predicted molar refractivity (Wildman–Crippen MR) is 79.3 cm³/mol. The van der Waals surface area contributed by atoms with E-state index in [1.54, 1.807) is 0 Å². The zero-order valence-corrected chi connectivity index (χ0v) is 11.9. The average molecular weight is 278 g/mol. The van der Waals surface area contributed by atoms with Crippen molar-refractivity contribution in [3.63, 3.8) is 0 Å². The summed E-state index contributed by atoms with van der Waals surface area (Å²) in [4.78, 5) is 4.24. The van der Waals surface area contributed by atoms with Crippen molar-refractivity contribution in [3.05, 3.63) is 29.8 Å². The Morgan fingerprint density at radius 2 is 2.15 bits per heavy atom. The van der Waals surface area contributed by atoms with Crippen LogP contribution in [0.1, 0.15) is 12.0 Å². The van der Waals surface area contributed by atoms with Crippen molar-refractivity contribution in [1.29, 1.82) is 0 Å². The number of aliphatic hydroxyl groups is 1. The lowest BCUT2D eigenvalue weighted by atomic mass is 10.1. The molecule has 1 heterocycles. The lowest BCUT2D eigenvalue weighted by molar-refractivity contribution is 0.191. The smallest absolute Gasteiger partial charge is 0.172 e. The number of amidine groups is 1. The average Bonchev–Trinajstić information content (AvgIpc) is 2.77. The van der Waals surface area contributed by atoms with E-state index in [0.29, 0.717) is 12.1 Å². The van der Waals surface area contributed by atoms with Crippen LogP contribution in [0.3, 0.4) is 0 Å². The van der Waals surface area contributed by atoms with E-state index in [4.69, 9.17) is 10.9 Å². The van der Waals surface area contributed by atoms with Gasteiger partial charge < -0.3 is 25.8 Å². The molecule has 0 bridgehead atoms. The highest BCUT2D eigenvalue weighted by Crippen LogP contribution is 2.29. The molecule has 2 rings (SSSR count). The van der Waals surface area contributed by atoms with Crippen LogP contribution in [0.15, 0.2) is 29.4 Å². The first-order chi connectivity index (χ1) is 9.52. The van der Waals surface area contributed by atoms with E-state index in [-0.39, 0.29) is 18.0 Å². The van der Waals surface area contributed by atoms with Crippen molar-refractivity contribution in [1.82, 2.24) is 4.90 Å². The quantitative estimate of drug-likeness (QED) is 0.319. The molecule has 0 radical (unpaired) electrons. The van der Waals surface area contributed by atoms with E-state index in [1.807, 2.05) is 38.4 Å². The molecule has 1 aromatic carbocycles. The molecule has 6 heteroatoms. The second-order valence-electron chi connectivity index (χ2n) is 5.46. The SMILES string of the molecule is CN(C)CC1CC(O)CN1c1ccccc1C(N)=NO. The number of nitrogens with zero attached hydrogens (tertiary/aromatic N) is 3. The lowest BCUT2D eigenvalue weighted by Gasteiger charge is -2.30. The fraction of sp³-hybridized carbons (Fsp3) is 0.500. The van der Waals surface area contributed by atoms with E-state index in [2.05, 4.69) is 15.0 Å². The number of hydrogen-bond donors (Lipinski definition) is 3. The van der Waals surface area contributed by atoms with E-state index >= 15 is 0 Å². The van der Waals surface area contributed by atoms with Gasteiger partial charge in [0.15, 0.2) is 5.84 Å². The second-order valence-corrected chi connectivity index (χ2v) is 5.46. The summed E-state index contributed by atoms with van der Waals surface area (Å²) < 4.78 is 0. The molecular formula is C14H22N4O2. The fourth-order valence-electron chi connectivity index (χ4n) is 2.78. The minimum absolute atomic E-state index is 0.0885. The first-order valence-corrected chi connectivity index (χ1v) is 6.69. The summed E-state index contributed by atoms with van der Waals surface area (Å²) in [6, 6.07) is 7.74. The Morgan fingerprint density at radius 3 is 2.80 bits per heavy atom. The Kier molecular flexibility index (Phi) is 4.46. The summed E-state index contributed by atoms with van der Waals surface area (Å²) in [6.07, 6.45) is 0.378. The van der Waals surface area contributed by atoms with Gasteiger partial charge in [0.25, 0.3) is 0 Å². The molecule has 0 aromatic heterocycles. The molecule has 20 heavy (non-hydrogen) atoms. The molecule has 2 atom stereocenters. The molecule has 1 fully saturated rings. The van der Waals surface area contributed by atoms with Crippen LogP contribution in [-0.2, 0) is 0 Å². The molecule has 6 nitrogen and oxygen atoms in total. The standard InChI is InChI=1S/C14H22N4O2/c1-17(2)8-10-7-11(19)9-18(10)13-6-4-3-5-12(13)14(15)16-20/h3-6,10-11,19-20H,7-9H2,1-2H3,(H2,15,16). The normalized spacial score (nSPS) is 23.6. The lowest BCUT2D eigenvalue weighted by Crippen LogP contribution is -2.38. The second kappa shape index (κ2) is 6.11. The maximum atomic E-state index is 9.96. The van der Waals surface area contributed by atoms with Gasteiger partial charge in [0.05, 0.1) is 6.10 Å². The predicted octanol–water partition coefficient (Wildman–Crippen LogP) is 0.282. The number of para-hydroxylation sites is 1. The largest absolute Gasteiger partial charge is 0.409 e. The Bertz CT molecular complexity index is 490. The van der Waals surface area contributed by atoms with Gasteiger partial charge in [-0.05, 0) is 32.6 Å². The van der Waals surface area contributed by atoms with Crippen LogP contribution in [0, 0.1) is 0 Å². The third-order valence-electron chi connectivity index (χ3n) is 3.57. The molecule has 0 aliphatic carbocycles. The molecule has 0 spiro atoms. The van der Waals surface area contributed by atoms with Crippen LogP contribution in [-0.4, -0.2) is 60.4 Å². The van der Waals surface area contributed by atoms with Gasteiger partial charge in [-0.2, -0.15) is 0 Å². The highest BCUT2D eigenvalue weighted by molar-refractivity contribution is 6.02. The summed E-state index contributed by atoms with van der Waals surface area (Å²) in [5.41, 5.74) is 7.33. The third-order valence-corrected chi connectivity index (χ3v) is 3.57. The van der Waals surface area contributed by atoms with Crippen LogP contribution >= 0.6 is 0 Å². The number of rotatable bonds is 4. The molecule has 4 N–H and O–H groups in total. The zero-order valence-electron chi connectivity index (χ0n) is 11.9. The molecule has 110 valence electrons. The van der Waals surface area contributed by atoms with Gasteiger partial charge in [-0.25, -0.2) is 0 Å². The maximum Gasteiger partial charge on any atom is 0.172 e. The maximum absolute atomic E-state index is 9.96. The van der Waals surface area contributed by atoms with Crippen LogP contribution in [0.5, 0.6) is 0 Å². The Balaban J connectivity index is 2.34. The summed E-state index contributed by atoms with van der Waals surface area (Å²) in [5.74, 6) is 0.0885. The minimum atomic E-state index is -0.347. The summed E-state index contributed by atoms with van der Waals surface area (Å²) >= 11 is 0. The number of likely N-dealkylation sites (N-methyl/N-ethyl adjacent to an activating group) is 1. The molecular weight excluding hydrogens is 256 g/mol. The summed E-state index contributed by atoms with van der Waals surface area (Å²) in [5, 5.41) is 22.0. The van der Waals surface area contributed by atoms with E-state index < -0.39 is 0 Å². The first kappa shape index (κ1) is 14.6. The summed E-state index contributed by atoms with van der Waals surface area (Å²) in [6.45, 7) is 1.41. The number of benzene rings is 1. The van der Waals surface area contributed by atoms with Gasteiger partial charge in [0.2, 0.25) is 0 Å². The van der Waals surface area contributed by atoms with Crippen molar-refractivity contribution in [3.8, 4) is 0 Å².